The predicted molar refractivity (Wildman–Crippen MR) is 108 cm³/mol. The van der Waals surface area contributed by atoms with Crippen LogP contribution in [0.3, 0.4) is 0 Å². The summed E-state index contributed by atoms with van der Waals surface area (Å²) in [5.74, 6) is 1.73. The Balaban J connectivity index is 1.26. The van der Waals surface area contributed by atoms with E-state index in [1.165, 1.54) is 0 Å². The van der Waals surface area contributed by atoms with E-state index in [1.807, 2.05) is 54.6 Å². The van der Waals surface area contributed by atoms with Crippen LogP contribution in [0, 0.1) is 5.92 Å². The van der Waals surface area contributed by atoms with E-state index in [9.17, 15) is 4.79 Å². The van der Waals surface area contributed by atoms with E-state index in [0.717, 1.165) is 69.4 Å². The Morgan fingerprint density at radius 2 is 1.46 bits per heavy atom. The minimum atomic E-state index is 0.0672. The van der Waals surface area contributed by atoms with E-state index in [4.69, 9.17) is 9.47 Å². The van der Waals surface area contributed by atoms with Crippen molar-refractivity contribution in [2.45, 2.75) is 12.8 Å². The fourth-order valence-corrected chi connectivity index (χ4v) is 3.72. The molecular weight excluding hydrogens is 354 g/mol. The Hall–Kier alpha value is -2.41. The van der Waals surface area contributed by atoms with Crippen molar-refractivity contribution in [3.05, 3.63) is 54.6 Å². The van der Waals surface area contributed by atoms with Crippen LogP contribution < -0.4 is 10.1 Å². The SMILES string of the molecule is O=C(Nc1ccc(Oc2ccccc2)cc1)C1CCN(N2CCOCC2)CC1. The van der Waals surface area contributed by atoms with Crippen LogP contribution in [-0.2, 0) is 9.53 Å². The van der Waals surface area contributed by atoms with Gasteiger partial charge in [0.2, 0.25) is 5.91 Å². The molecule has 6 heteroatoms. The van der Waals surface area contributed by atoms with Crippen molar-refractivity contribution in [1.82, 2.24) is 10.0 Å². The van der Waals surface area contributed by atoms with Gasteiger partial charge in [0.05, 0.1) is 13.2 Å². The number of hydrogen-bond acceptors (Lipinski definition) is 5. The van der Waals surface area contributed by atoms with Crippen LogP contribution in [0.2, 0.25) is 0 Å². The summed E-state index contributed by atoms with van der Waals surface area (Å²) >= 11 is 0. The number of carbonyl (C=O) groups excluding carboxylic acids is 1. The average Bonchev–Trinajstić information content (AvgIpc) is 2.76. The summed E-state index contributed by atoms with van der Waals surface area (Å²) in [5.41, 5.74) is 0.807. The van der Waals surface area contributed by atoms with E-state index in [-0.39, 0.29) is 11.8 Å². The largest absolute Gasteiger partial charge is 0.457 e. The third-order valence-electron chi connectivity index (χ3n) is 5.33. The molecule has 28 heavy (non-hydrogen) atoms. The van der Waals surface area contributed by atoms with Gasteiger partial charge in [-0.15, -0.1) is 0 Å². The fraction of sp³-hybridized carbons (Fsp3) is 0.409. The number of rotatable bonds is 5. The molecule has 0 spiro atoms. The van der Waals surface area contributed by atoms with Gasteiger partial charge in [-0.1, -0.05) is 18.2 Å². The first kappa shape index (κ1) is 18.9. The molecule has 1 N–H and O–H groups in total. The van der Waals surface area contributed by atoms with Gasteiger partial charge >= 0.3 is 0 Å². The highest BCUT2D eigenvalue weighted by atomic mass is 16.5. The predicted octanol–water partition coefficient (Wildman–Crippen LogP) is 3.38. The molecule has 0 unspecified atom stereocenters. The number of nitrogens with zero attached hydrogens (tertiary/aromatic N) is 2. The number of amides is 1. The summed E-state index contributed by atoms with van der Waals surface area (Å²) < 4.78 is 11.2. The van der Waals surface area contributed by atoms with Gasteiger partial charge in [0, 0.05) is 37.8 Å². The number of piperidine rings is 1. The van der Waals surface area contributed by atoms with Gasteiger partial charge < -0.3 is 14.8 Å². The van der Waals surface area contributed by atoms with Gasteiger partial charge in [-0.05, 0) is 49.2 Å². The summed E-state index contributed by atoms with van der Waals surface area (Å²) in [6.07, 6.45) is 1.77. The number of nitrogens with one attached hydrogen (secondary N) is 1. The number of hydrogen-bond donors (Lipinski definition) is 1. The monoisotopic (exact) mass is 381 g/mol. The number of para-hydroxylation sites is 1. The summed E-state index contributed by atoms with van der Waals surface area (Å²) in [6.45, 7) is 5.36. The van der Waals surface area contributed by atoms with E-state index < -0.39 is 0 Å². The Kier molecular flexibility index (Phi) is 6.21. The van der Waals surface area contributed by atoms with Crippen molar-refractivity contribution in [3.8, 4) is 11.5 Å². The summed E-state index contributed by atoms with van der Waals surface area (Å²) in [4.78, 5) is 12.6. The van der Waals surface area contributed by atoms with Crippen molar-refractivity contribution in [2.75, 3.05) is 44.7 Å². The topological polar surface area (TPSA) is 54.0 Å². The second-order valence-corrected chi connectivity index (χ2v) is 7.22. The zero-order valence-corrected chi connectivity index (χ0v) is 16.0. The zero-order valence-electron chi connectivity index (χ0n) is 16.0. The second kappa shape index (κ2) is 9.19. The molecule has 4 rings (SSSR count). The maximum absolute atomic E-state index is 12.6. The minimum absolute atomic E-state index is 0.0672. The standard InChI is InChI=1S/C22H27N3O3/c26-22(18-10-12-24(13-11-18)25-14-16-27-17-15-25)23-19-6-8-21(9-7-19)28-20-4-2-1-3-5-20/h1-9,18H,10-17H2,(H,23,26). The second-order valence-electron chi connectivity index (χ2n) is 7.22. The van der Waals surface area contributed by atoms with E-state index in [0.29, 0.717) is 0 Å². The molecule has 0 atom stereocenters. The van der Waals surface area contributed by atoms with Gasteiger partial charge in [-0.3, -0.25) is 4.79 Å². The molecular formula is C22H27N3O3. The normalized spacial score (nSPS) is 19.3. The average molecular weight is 381 g/mol. The Morgan fingerprint density at radius 3 is 2.14 bits per heavy atom. The highest BCUT2D eigenvalue weighted by molar-refractivity contribution is 5.92. The third kappa shape index (κ3) is 4.90. The van der Waals surface area contributed by atoms with E-state index >= 15 is 0 Å². The van der Waals surface area contributed by atoms with Crippen LogP contribution in [-0.4, -0.2) is 55.3 Å². The van der Waals surface area contributed by atoms with Gasteiger partial charge in [-0.2, -0.15) is 0 Å². The lowest BCUT2D eigenvalue weighted by Crippen LogP contribution is -2.52. The van der Waals surface area contributed by atoms with Crippen LogP contribution in [0.25, 0.3) is 0 Å². The molecule has 0 saturated carbocycles. The first-order valence-corrected chi connectivity index (χ1v) is 9.99. The first-order valence-electron chi connectivity index (χ1n) is 9.99. The molecule has 6 nitrogen and oxygen atoms in total. The van der Waals surface area contributed by atoms with Crippen molar-refractivity contribution in [2.24, 2.45) is 5.92 Å². The van der Waals surface area contributed by atoms with Crippen molar-refractivity contribution in [3.63, 3.8) is 0 Å². The minimum Gasteiger partial charge on any atom is -0.457 e. The van der Waals surface area contributed by atoms with Gasteiger partial charge in [0.15, 0.2) is 0 Å². The molecule has 148 valence electrons. The molecule has 2 saturated heterocycles. The third-order valence-corrected chi connectivity index (χ3v) is 5.33. The van der Waals surface area contributed by atoms with Crippen molar-refractivity contribution >= 4 is 11.6 Å². The lowest BCUT2D eigenvalue weighted by Gasteiger charge is -2.41. The molecule has 2 aliphatic heterocycles. The van der Waals surface area contributed by atoms with Gasteiger partial charge in [-0.25, -0.2) is 10.0 Å². The molecule has 1 amide bonds. The van der Waals surface area contributed by atoms with Crippen LogP contribution >= 0.6 is 0 Å². The van der Waals surface area contributed by atoms with E-state index in [2.05, 4.69) is 15.3 Å². The summed E-state index contributed by atoms with van der Waals surface area (Å²) in [5, 5.41) is 7.79. The highest BCUT2D eigenvalue weighted by Gasteiger charge is 2.28. The maximum Gasteiger partial charge on any atom is 0.227 e. The Bertz CT molecular complexity index is 752. The lowest BCUT2D eigenvalue weighted by molar-refractivity contribution is -0.128. The first-order chi connectivity index (χ1) is 13.8. The molecule has 2 aromatic rings. The maximum atomic E-state index is 12.6. The fourth-order valence-electron chi connectivity index (χ4n) is 3.72. The molecule has 2 aromatic carbocycles. The van der Waals surface area contributed by atoms with Crippen molar-refractivity contribution < 1.29 is 14.3 Å². The molecule has 2 fully saturated rings. The van der Waals surface area contributed by atoms with Crippen LogP contribution in [0.5, 0.6) is 11.5 Å². The summed E-state index contributed by atoms with van der Waals surface area (Å²) in [7, 11) is 0. The number of morpholine rings is 1. The Labute approximate surface area is 166 Å². The number of hydrazine groups is 1. The smallest absolute Gasteiger partial charge is 0.227 e. The summed E-state index contributed by atoms with van der Waals surface area (Å²) in [6, 6.07) is 17.2. The molecule has 0 bridgehead atoms. The number of ether oxygens (including phenoxy) is 2. The molecule has 0 radical (unpaired) electrons. The van der Waals surface area contributed by atoms with Crippen LogP contribution in [0.1, 0.15) is 12.8 Å². The molecule has 2 heterocycles. The van der Waals surface area contributed by atoms with Crippen LogP contribution in [0.15, 0.2) is 54.6 Å². The van der Waals surface area contributed by atoms with Gasteiger partial charge in [0.25, 0.3) is 0 Å². The van der Waals surface area contributed by atoms with E-state index in [1.54, 1.807) is 0 Å². The zero-order chi connectivity index (χ0) is 19.2. The number of benzene rings is 2. The molecule has 2 aliphatic rings. The number of anilines is 1. The van der Waals surface area contributed by atoms with Crippen molar-refractivity contribution in [1.29, 1.82) is 0 Å². The van der Waals surface area contributed by atoms with Crippen LogP contribution in [0.4, 0.5) is 5.69 Å². The molecule has 0 aliphatic carbocycles. The lowest BCUT2D eigenvalue weighted by atomic mass is 9.96. The van der Waals surface area contributed by atoms with Gasteiger partial charge in [0.1, 0.15) is 11.5 Å². The quantitative estimate of drug-likeness (QED) is 0.861. The number of carbonyl (C=O) groups is 1. The molecule has 0 aromatic heterocycles. The highest BCUT2D eigenvalue weighted by Crippen LogP contribution is 2.24. The Morgan fingerprint density at radius 1 is 0.857 bits per heavy atom.